The highest BCUT2D eigenvalue weighted by Gasteiger charge is 2.22. The molecule has 1 heterocycles. The van der Waals surface area contributed by atoms with E-state index >= 15 is 0 Å². The monoisotopic (exact) mass is 291 g/mol. The summed E-state index contributed by atoms with van der Waals surface area (Å²) in [7, 11) is 0. The quantitative estimate of drug-likeness (QED) is 0.876. The maximum absolute atomic E-state index is 11.6. The molecule has 0 radical (unpaired) electrons. The molecule has 4 nitrogen and oxygen atoms in total. The Labute approximate surface area is 123 Å². The third-order valence-corrected chi connectivity index (χ3v) is 4.15. The Morgan fingerprint density at radius 3 is 2.80 bits per heavy atom. The van der Waals surface area contributed by atoms with Crippen LogP contribution in [0, 0.1) is 0 Å². The van der Waals surface area contributed by atoms with Crippen LogP contribution in [-0.2, 0) is 4.79 Å². The van der Waals surface area contributed by atoms with Crippen molar-refractivity contribution >= 4 is 34.5 Å². The van der Waals surface area contributed by atoms with Crippen LogP contribution in [0.5, 0.6) is 0 Å². The van der Waals surface area contributed by atoms with Crippen molar-refractivity contribution in [2.45, 2.75) is 38.1 Å². The van der Waals surface area contributed by atoms with E-state index in [0.717, 1.165) is 23.9 Å². The van der Waals surface area contributed by atoms with Crippen molar-refractivity contribution in [1.29, 1.82) is 0 Å². The maximum Gasteiger partial charge on any atom is 0.241 e. The third-order valence-electron chi connectivity index (χ3n) is 3.91. The zero-order chi connectivity index (χ0) is 13.9. The summed E-state index contributed by atoms with van der Waals surface area (Å²) in [6.07, 6.45) is 6.06. The molecule has 0 atom stereocenters. The number of halogens is 1. The van der Waals surface area contributed by atoms with Crippen molar-refractivity contribution in [2.24, 2.45) is 0 Å². The van der Waals surface area contributed by atoms with Gasteiger partial charge in [0.1, 0.15) is 5.88 Å². The second-order valence-corrected chi connectivity index (χ2v) is 5.54. The predicted molar refractivity (Wildman–Crippen MR) is 81.2 cm³/mol. The average Bonchev–Trinajstić information content (AvgIpc) is 2.85. The number of rotatable bonds is 3. The lowest BCUT2D eigenvalue weighted by atomic mass is 9.95. The molecule has 1 aliphatic rings. The molecule has 0 unspecified atom stereocenters. The van der Waals surface area contributed by atoms with Gasteiger partial charge in [0, 0.05) is 6.04 Å². The van der Waals surface area contributed by atoms with Crippen LogP contribution in [0.25, 0.3) is 11.0 Å². The third kappa shape index (κ3) is 2.52. The van der Waals surface area contributed by atoms with Gasteiger partial charge in [-0.25, -0.2) is 4.98 Å². The smallest absolute Gasteiger partial charge is 0.241 e. The minimum absolute atomic E-state index is 0.0477. The number of benzene rings is 1. The summed E-state index contributed by atoms with van der Waals surface area (Å²) >= 11 is 5.59. The number of carbonyl (C=O) groups excluding carboxylic acids is 1. The molecule has 1 aromatic carbocycles. The van der Waals surface area contributed by atoms with Gasteiger partial charge in [0.15, 0.2) is 0 Å². The van der Waals surface area contributed by atoms with Crippen LogP contribution < -0.4 is 5.32 Å². The van der Waals surface area contributed by atoms with Crippen molar-refractivity contribution in [3.63, 3.8) is 0 Å². The fraction of sp³-hybridized carbons (Fsp3) is 0.467. The summed E-state index contributed by atoms with van der Waals surface area (Å²) in [5, 5.41) is 2.83. The zero-order valence-corrected chi connectivity index (χ0v) is 12.1. The van der Waals surface area contributed by atoms with Crippen LogP contribution in [0.2, 0.25) is 0 Å². The van der Waals surface area contributed by atoms with E-state index in [1.54, 1.807) is 0 Å². The summed E-state index contributed by atoms with van der Waals surface area (Å²) in [5.41, 5.74) is 2.01. The van der Waals surface area contributed by atoms with Crippen LogP contribution in [0.1, 0.15) is 38.1 Å². The summed E-state index contributed by atoms with van der Waals surface area (Å²) in [6.45, 7) is 0. The fourth-order valence-corrected chi connectivity index (χ4v) is 3.07. The second-order valence-electron chi connectivity index (χ2n) is 5.27. The number of carbonyl (C=O) groups is 1. The Balaban J connectivity index is 2.05. The number of amides is 1. The van der Waals surface area contributed by atoms with E-state index in [0.29, 0.717) is 12.0 Å². The van der Waals surface area contributed by atoms with Gasteiger partial charge in [-0.05, 0) is 25.0 Å². The lowest BCUT2D eigenvalue weighted by molar-refractivity contribution is -0.114. The number of hydrogen-bond acceptors (Lipinski definition) is 2. The molecule has 1 amide bonds. The van der Waals surface area contributed by atoms with E-state index in [9.17, 15) is 4.79 Å². The normalized spacial score (nSPS) is 16.4. The predicted octanol–water partition coefficient (Wildman–Crippen LogP) is 3.72. The van der Waals surface area contributed by atoms with Crippen molar-refractivity contribution in [2.75, 3.05) is 11.2 Å². The molecule has 1 saturated carbocycles. The lowest BCUT2D eigenvalue weighted by Crippen LogP contribution is -2.20. The molecule has 0 aliphatic heterocycles. The van der Waals surface area contributed by atoms with Crippen molar-refractivity contribution in [3.8, 4) is 0 Å². The number of alkyl halides is 1. The first-order valence-electron chi connectivity index (χ1n) is 7.12. The zero-order valence-electron chi connectivity index (χ0n) is 11.3. The number of aromatic nitrogens is 2. The van der Waals surface area contributed by atoms with E-state index in [-0.39, 0.29) is 11.8 Å². The van der Waals surface area contributed by atoms with Crippen LogP contribution in [0.3, 0.4) is 0 Å². The van der Waals surface area contributed by atoms with Gasteiger partial charge >= 0.3 is 0 Å². The summed E-state index contributed by atoms with van der Waals surface area (Å²) in [6, 6.07) is 8.43. The molecule has 20 heavy (non-hydrogen) atoms. The molecule has 0 bridgehead atoms. The standard InChI is InChI=1S/C15H18ClN3O/c16-10-14(20)18-15-17-12-8-4-5-9-13(12)19(15)11-6-2-1-3-7-11/h4-5,8-9,11H,1-3,6-7,10H2,(H,17,18,20). The molecule has 1 fully saturated rings. The van der Waals surface area contributed by atoms with E-state index < -0.39 is 0 Å². The van der Waals surface area contributed by atoms with Crippen molar-refractivity contribution in [1.82, 2.24) is 9.55 Å². The Hall–Kier alpha value is -1.55. The fourth-order valence-electron chi connectivity index (χ4n) is 3.00. The molecule has 3 rings (SSSR count). The van der Waals surface area contributed by atoms with Crippen LogP contribution >= 0.6 is 11.6 Å². The average molecular weight is 292 g/mol. The lowest BCUT2D eigenvalue weighted by Gasteiger charge is -2.25. The van der Waals surface area contributed by atoms with Gasteiger partial charge in [-0.3, -0.25) is 10.1 Å². The summed E-state index contributed by atoms with van der Waals surface area (Å²) in [4.78, 5) is 16.1. The van der Waals surface area contributed by atoms with E-state index in [1.165, 1.54) is 19.3 Å². The molecule has 2 aromatic rings. The first-order chi connectivity index (χ1) is 9.79. The van der Waals surface area contributed by atoms with Gasteiger partial charge < -0.3 is 4.57 Å². The molecule has 1 N–H and O–H groups in total. The highest BCUT2D eigenvalue weighted by molar-refractivity contribution is 6.29. The highest BCUT2D eigenvalue weighted by Crippen LogP contribution is 2.34. The molecule has 1 aromatic heterocycles. The Kier molecular flexibility index (Phi) is 3.92. The number of nitrogens with zero attached hydrogens (tertiary/aromatic N) is 2. The highest BCUT2D eigenvalue weighted by atomic mass is 35.5. The molecular weight excluding hydrogens is 274 g/mol. The van der Waals surface area contributed by atoms with Gasteiger partial charge in [-0.2, -0.15) is 0 Å². The molecule has 0 saturated heterocycles. The second kappa shape index (κ2) is 5.83. The molecule has 0 spiro atoms. The number of hydrogen-bond donors (Lipinski definition) is 1. The summed E-state index contributed by atoms with van der Waals surface area (Å²) in [5.74, 6) is 0.371. The Morgan fingerprint density at radius 1 is 1.30 bits per heavy atom. The van der Waals surface area contributed by atoms with E-state index in [4.69, 9.17) is 11.6 Å². The van der Waals surface area contributed by atoms with E-state index in [1.807, 2.05) is 18.2 Å². The summed E-state index contributed by atoms with van der Waals surface area (Å²) < 4.78 is 2.18. The number of fused-ring (bicyclic) bond motifs is 1. The van der Waals surface area contributed by atoms with Gasteiger partial charge in [0.2, 0.25) is 11.9 Å². The topological polar surface area (TPSA) is 46.9 Å². The Bertz CT molecular complexity index is 617. The van der Waals surface area contributed by atoms with Gasteiger partial charge in [-0.1, -0.05) is 31.4 Å². The van der Waals surface area contributed by atoms with Crippen molar-refractivity contribution < 1.29 is 4.79 Å². The largest absolute Gasteiger partial charge is 0.307 e. The number of anilines is 1. The number of nitrogens with one attached hydrogen (secondary N) is 1. The molecule has 1 aliphatic carbocycles. The minimum atomic E-state index is -0.209. The van der Waals surface area contributed by atoms with Crippen LogP contribution in [0.4, 0.5) is 5.95 Å². The van der Waals surface area contributed by atoms with Gasteiger partial charge in [-0.15, -0.1) is 11.6 Å². The first-order valence-corrected chi connectivity index (χ1v) is 7.66. The van der Waals surface area contributed by atoms with E-state index in [2.05, 4.69) is 20.9 Å². The Morgan fingerprint density at radius 2 is 2.05 bits per heavy atom. The molecule has 106 valence electrons. The maximum atomic E-state index is 11.6. The SMILES string of the molecule is O=C(CCl)Nc1nc2ccccc2n1C1CCCCC1. The van der Waals surface area contributed by atoms with Crippen molar-refractivity contribution in [3.05, 3.63) is 24.3 Å². The molecule has 5 heteroatoms. The van der Waals surface area contributed by atoms with Gasteiger partial charge in [0.25, 0.3) is 0 Å². The van der Waals surface area contributed by atoms with Crippen LogP contribution in [-0.4, -0.2) is 21.3 Å². The number of imidazole rings is 1. The molecular formula is C15H18ClN3O. The van der Waals surface area contributed by atoms with Gasteiger partial charge in [0.05, 0.1) is 11.0 Å². The van der Waals surface area contributed by atoms with Crippen LogP contribution in [0.15, 0.2) is 24.3 Å². The minimum Gasteiger partial charge on any atom is -0.307 e. The number of para-hydroxylation sites is 2. The first kappa shape index (κ1) is 13.4.